The van der Waals surface area contributed by atoms with E-state index in [9.17, 15) is 19.2 Å². The van der Waals surface area contributed by atoms with Crippen molar-refractivity contribution in [2.45, 2.75) is 122 Å². The van der Waals surface area contributed by atoms with Gasteiger partial charge in [-0.2, -0.15) is 0 Å². The van der Waals surface area contributed by atoms with Crippen LogP contribution in [0.5, 0.6) is 0 Å². The van der Waals surface area contributed by atoms with Gasteiger partial charge in [-0.25, -0.2) is 4.79 Å². The van der Waals surface area contributed by atoms with Crippen molar-refractivity contribution in [3.8, 4) is 0 Å². The molecule has 0 spiro atoms. The third-order valence-corrected chi connectivity index (χ3v) is 5.30. The third kappa shape index (κ3) is 17.3. The van der Waals surface area contributed by atoms with Gasteiger partial charge < -0.3 is 21.5 Å². The van der Waals surface area contributed by atoms with Gasteiger partial charge in [0, 0.05) is 6.42 Å². The van der Waals surface area contributed by atoms with Gasteiger partial charge in [0.15, 0.2) is 0 Å². The van der Waals surface area contributed by atoms with E-state index in [2.05, 4.69) is 17.6 Å². The Balaban J connectivity index is 3.75. The largest absolute Gasteiger partial charge is 0.480 e. The smallest absolute Gasteiger partial charge is 0.326 e. The standard InChI is InChI=1S/C23H43N3O5/c1-3-4-5-6-7-8-9-10-11-12-13-14-15-16-21(28)25-18(2)22(29)26-19(23(30)31)17-20(24)27/h18-19H,3-17H2,1-2H3,(H2,24,27)(H,25,28)(H,26,29)(H,30,31)/t18-,19-/m0/s1. The molecule has 180 valence electrons. The molecule has 31 heavy (non-hydrogen) atoms. The van der Waals surface area contributed by atoms with Crippen LogP contribution in [0.15, 0.2) is 0 Å². The highest BCUT2D eigenvalue weighted by Crippen LogP contribution is 2.13. The van der Waals surface area contributed by atoms with E-state index in [1.807, 2.05) is 0 Å². The van der Waals surface area contributed by atoms with E-state index >= 15 is 0 Å². The molecular formula is C23H43N3O5. The number of unbranched alkanes of at least 4 members (excludes halogenated alkanes) is 12. The number of nitrogens with one attached hydrogen (secondary N) is 2. The van der Waals surface area contributed by atoms with Crippen molar-refractivity contribution in [1.82, 2.24) is 10.6 Å². The summed E-state index contributed by atoms with van der Waals surface area (Å²) in [5.41, 5.74) is 4.98. The first-order valence-electron chi connectivity index (χ1n) is 11.9. The van der Waals surface area contributed by atoms with Crippen LogP contribution in [0.1, 0.15) is 110 Å². The summed E-state index contributed by atoms with van der Waals surface area (Å²) in [5, 5.41) is 13.8. The molecule has 0 heterocycles. The van der Waals surface area contributed by atoms with E-state index in [0.29, 0.717) is 6.42 Å². The Morgan fingerprint density at radius 3 is 1.65 bits per heavy atom. The molecule has 0 aliphatic heterocycles. The molecular weight excluding hydrogens is 398 g/mol. The number of nitrogens with two attached hydrogens (primary N) is 1. The SMILES string of the molecule is CCCCCCCCCCCCCCCC(=O)N[C@@H](C)C(=O)N[C@@H](CC(N)=O)C(=O)O. The fourth-order valence-electron chi connectivity index (χ4n) is 3.38. The van der Waals surface area contributed by atoms with Crippen molar-refractivity contribution in [3.05, 3.63) is 0 Å². The Morgan fingerprint density at radius 1 is 0.774 bits per heavy atom. The molecule has 0 saturated heterocycles. The highest BCUT2D eigenvalue weighted by atomic mass is 16.4. The van der Waals surface area contributed by atoms with Gasteiger partial charge in [0.1, 0.15) is 12.1 Å². The van der Waals surface area contributed by atoms with Gasteiger partial charge >= 0.3 is 5.97 Å². The number of carbonyl (C=O) groups excluding carboxylic acids is 3. The second-order valence-electron chi connectivity index (χ2n) is 8.35. The Kier molecular flexibility index (Phi) is 17.4. The van der Waals surface area contributed by atoms with Crippen molar-refractivity contribution < 1.29 is 24.3 Å². The molecule has 0 aliphatic rings. The summed E-state index contributed by atoms with van der Waals surface area (Å²) in [7, 11) is 0. The van der Waals surface area contributed by atoms with Gasteiger partial charge in [0.25, 0.3) is 0 Å². The van der Waals surface area contributed by atoms with Crippen molar-refractivity contribution in [3.63, 3.8) is 0 Å². The quantitative estimate of drug-likeness (QED) is 0.214. The molecule has 0 rings (SSSR count). The summed E-state index contributed by atoms with van der Waals surface area (Å²) in [6.45, 7) is 3.71. The molecule has 0 aromatic rings. The predicted octanol–water partition coefficient (Wildman–Crippen LogP) is 3.42. The number of hydrogen-bond acceptors (Lipinski definition) is 4. The molecule has 5 N–H and O–H groups in total. The van der Waals surface area contributed by atoms with Crippen molar-refractivity contribution in [2.75, 3.05) is 0 Å². The van der Waals surface area contributed by atoms with Crippen LogP contribution in [-0.4, -0.2) is 40.9 Å². The molecule has 0 aromatic carbocycles. The average molecular weight is 442 g/mol. The van der Waals surface area contributed by atoms with Crippen LogP contribution < -0.4 is 16.4 Å². The first-order valence-corrected chi connectivity index (χ1v) is 11.9. The highest BCUT2D eigenvalue weighted by molar-refractivity contribution is 5.91. The lowest BCUT2D eigenvalue weighted by molar-refractivity contribution is -0.143. The summed E-state index contributed by atoms with van der Waals surface area (Å²) in [4.78, 5) is 45.9. The lowest BCUT2D eigenvalue weighted by atomic mass is 10.0. The zero-order valence-corrected chi connectivity index (χ0v) is 19.4. The minimum atomic E-state index is -1.40. The van der Waals surface area contributed by atoms with E-state index in [-0.39, 0.29) is 5.91 Å². The highest BCUT2D eigenvalue weighted by Gasteiger charge is 2.25. The van der Waals surface area contributed by atoms with Crippen LogP contribution in [0.4, 0.5) is 0 Å². The molecule has 0 saturated carbocycles. The second kappa shape index (κ2) is 18.6. The summed E-state index contributed by atoms with van der Waals surface area (Å²) in [5.74, 6) is -3.08. The van der Waals surface area contributed by atoms with Crippen LogP contribution in [0.2, 0.25) is 0 Å². The second-order valence-corrected chi connectivity index (χ2v) is 8.35. The average Bonchev–Trinajstić information content (AvgIpc) is 2.70. The zero-order valence-electron chi connectivity index (χ0n) is 19.4. The van der Waals surface area contributed by atoms with Crippen molar-refractivity contribution >= 4 is 23.7 Å². The fraction of sp³-hybridized carbons (Fsp3) is 0.826. The Bertz CT molecular complexity index is 539. The van der Waals surface area contributed by atoms with Crippen LogP contribution in [0, 0.1) is 0 Å². The molecule has 0 unspecified atom stereocenters. The summed E-state index contributed by atoms with van der Waals surface area (Å²) in [6.07, 6.45) is 15.8. The first kappa shape index (κ1) is 28.9. The van der Waals surface area contributed by atoms with E-state index in [1.54, 1.807) is 0 Å². The Labute approximate surface area is 187 Å². The normalized spacial score (nSPS) is 12.7. The number of rotatable bonds is 20. The number of carbonyl (C=O) groups is 4. The van der Waals surface area contributed by atoms with Crippen LogP contribution in [0.25, 0.3) is 0 Å². The van der Waals surface area contributed by atoms with E-state index in [1.165, 1.54) is 71.1 Å². The van der Waals surface area contributed by atoms with Gasteiger partial charge in [0.2, 0.25) is 17.7 Å². The van der Waals surface area contributed by atoms with Gasteiger partial charge in [-0.15, -0.1) is 0 Å². The molecule has 8 nitrogen and oxygen atoms in total. The maximum atomic E-state index is 12.0. The third-order valence-electron chi connectivity index (χ3n) is 5.30. The predicted molar refractivity (Wildman–Crippen MR) is 121 cm³/mol. The molecule has 0 aromatic heterocycles. The minimum absolute atomic E-state index is 0.243. The fourth-order valence-corrected chi connectivity index (χ4v) is 3.38. The van der Waals surface area contributed by atoms with Gasteiger partial charge in [0.05, 0.1) is 6.42 Å². The van der Waals surface area contributed by atoms with Crippen LogP contribution in [0.3, 0.4) is 0 Å². The van der Waals surface area contributed by atoms with Gasteiger partial charge in [-0.05, 0) is 13.3 Å². The number of primary amides is 1. The molecule has 8 heteroatoms. The molecule has 3 amide bonds. The number of carboxylic acids is 1. The zero-order chi connectivity index (χ0) is 23.5. The van der Waals surface area contributed by atoms with Gasteiger partial charge in [-0.1, -0.05) is 84.0 Å². The maximum absolute atomic E-state index is 12.0. The summed E-state index contributed by atoms with van der Waals surface area (Å²) < 4.78 is 0. The lowest BCUT2D eigenvalue weighted by Gasteiger charge is -2.17. The molecule has 0 fully saturated rings. The number of aliphatic carboxylic acids is 1. The number of hydrogen-bond donors (Lipinski definition) is 4. The van der Waals surface area contributed by atoms with E-state index < -0.39 is 36.3 Å². The molecule has 0 aliphatic carbocycles. The van der Waals surface area contributed by atoms with E-state index in [0.717, 1.165) is 19.3 Å². The Morgan fingerprint density at radius 2 is 1.23 bits per heavy atom. The van der Waals surface area contributed by atoms with Crippen LogP contribution >= 0.6 is 0 Å². The topological polar surface area (TPSA) is 139 Å². The minimum Gasteiger partial charge on any atom is -0.480 e. The Hall–Kier alpha value is -2.12. The van der Waals surface area contributed by atoms with Gasteiger partial charge in [-0.3, -0.25) is 14.4 Å². The number of amides is 3. The van der Waals surface area contributed by atoms with Crippen molar-refractivity contribution in [2.24, 2.45) is 5.73 Å². The number of carboxylic acid groups (broad SMARTS) is 1. The van der Waals surface area contributed by atoms with Crippen LogP contribution in [-0.2, 0) is 19.2 Å². The monoisotopic (exact) mass is 441 g/mol. The molecule has 2 atom stereocenters. The van der Waals surface area contributed by atoms with E-state index in [4.69, 9.17) is 10.8 Å². The molecule has 0 bridgehead atoms. The van der Waals surface area contributed by atoms with Crippen molar-refractivity contribution in [1.29, 1.82) is 0 Å². The lowest BCUT2D eigenvalue weighted by Crippen LogP contribution is -2.51. The maximum Gasteiger partial charge on any atom is 0.326 e. The summed E-state index contributed by atoms with van der Waals surface area (Å²) in [6, 6.07) is -2.28. The first-order chi connectivity index (χ1) is 14.8. The molecule has 0 radical (unpaired) electrons. The summed E-state index contributed by atoms with van der Waals surface area (Å²) >= 11 is 0.